The van der Waals surface area contributed by atoms with Crippen LogP contribution in [0, 0.1) is 0 Å². The molecule has 0 saturated carbocycles. The standard InChI is InChI=1S/C13H25N5/c1-6-18(7-2)12-8-11(15-10-16-12)17-13(3,4)9-14-5/h8,10,14H,6-7,9H2,1-5H3,(H,15,16,17). The molecule has 1 aromatic rings. The fourth-order valence-electron chi connectivity index (χ4n) is 1.97. The maximum absolute atomic E-state index is 4.32. The van der Waals surface area contributed by atoms with Crippen molar-refractivity contribution in [2.45, 2.75) is 33.2 Å². The molecule has 0 spiro atoms. The van der Waals surface area contributed by atoms with Crippen molar-refractivity contribution in [3.05, 3.63) is 12.4 Å². The Hall–Kier alpha value is -1.36. The third-order valence-electron chi connectivity index (χ3n) is 2.83. The summed E-state index contributed by atoms with van der Waals surface area (Å²) in [5.74, 6) is 1.84. The van der Waals surface area contributed by atoms with E-state index in [0.29, 0.717) is 0 Å². The fraction of sp³-hybridized carbons (Fsp3) is 0.692. The van der Waals surface area contributed by atoms with Crippen molar-refractivity contribution in [3.63, 3.8) is 0 Å². The predicted octanol–water partition coefficient (Wildman–Crippen LogP) is 1.73. The van der Waals surface area contributed by atoms with Crippen LogP contribution in [0.2, 0.25) is 0 Å². The molecule has 2 N–H and O–H groups in total. The van der Waals surface area contributed by atoms with Crippen LogP contribution < -0.4 is 15.5 Å². The van der Waals surface area contributed by atoms with Gasteiger partial charge in [-0.2, -0.15) is 0 Å². The number of nitrogens with zero attached hydrogens (tertiary/aromatic N) is 3. The van der Waals surface area contributed by atoms with Crippen molar-refractivity contribution >= 4 is 11.6 Å². The summed E-state index contributed by atoms with van der Waals surface area (Å²) in [6, 6.07) is 2.00. The summed E-state index contributed by atoms with van der Waals surface area (Å²) in [5, 5.41) is 6.59. The molecule has 0 saturated heterocycles. The first-order valence-electron chi connectivity index (χ1n) is 6.52. The minimum Gasteiger partial charge on any atom is -0.364 e. The van der Waals surface area contributed by atoms with E-state index in [-0.39, 0.29) is 5.54 Å². The third kappa shape index (κ3) is 4.14. The SMILES string of the molecule is CCN(CC)c1cc(NC(C)(C)CNC)ncn1. The highest BCUT2D eigenvalue weighted by Gasteiger charge is 2.17. The molecular weight excluding hydrogens is 226 g/mol. The van der Waals surface area contributed by atoms with E-state index in [4.69, 9.17) is 0 Å². The van der Waals surface area contributed by atoms with E-state index in [1.807, 2.05) is 13.1 Å². The third-order valence-corrected chi connectivity index (χ3v) is 2.83. The number of rotatable bonds is 7. The molecule has 0 radical (unpaired) electrons. The van der Waals surface area contributed by atoms with E-state index in [2.05, 4.69) is 53.2 Å². The molecule has 5 nitrogen and oxygen atoms in total. The number of aromatic nitrogens is 2. The van der Waals surface area contributed by atoms with Crippen LogP contribution in [0.15, 0.2) is 12.4 Å². The van der Waals surface area contributed by atoms with Gasteiger partial charge in [0.25, 0.3) is 0 Å². The molecule has 0 unspecified atom stereocenters. The minimum atomic E-state index is -0.0381. The van der Waals surface area contributed by atoms with E-state index in [0.717, 1.165) is 31.3 Å². The van der Waals surface area contributed by atoms with Gasteiger partial charge in [-0.3, -0.25) is 0 Å². The van der Waals surface area contributed by atoms with Crippen molar-refractivity contribution in [2.24, 2.45) is 0 Å². The fourth-order valence-corrected chi connectivity index (χ4v) is 1.97. The number of nitrogens with one attached hydrogen (secondary N) is 2. The van der Waals surface area contributed by atoms with Crippen LogP contribution in [-0.2, 0) is 0 Å². The van der Waals surface area contributed by atoms with Gasteiger partial charge >= 0.3 is 0 Å². The maximum atomic E-state index is 4.32. The Morgan fingerprint density at radius 2 is 1.89 bits per heavy atom. The number of hydrogen-bond donors (Lipinski definition) is 2. The van der Waals surface area contributed by atoms with Crippen molar-refractivity contribution < 1.29 is 0 Å². The highest BCUT2D eigenvalue weighted by molar-refractivity contribution is 5.49. The van der Waals surface area contributed by atoms with Crippen molar-refractivity contribution in [1.29, 1.82) is 0 Å². The zero-order valence-electron chi connectivity index (χ0n) is 12.1. The summed E-state index contributed by atoms with van der Waals surface area (Å²) in [4.78, 5) is 10.8. The second-order valence-corrected chi connectivity index (χ2v) is 4.97. The highest BCUT2D eigenvalue weighted by Crippen LogP contribution is 2.17. The first-order valence-corrected chi connectivity index (χ1v) is 6.52. The Labute approximate surface area is 110 Å². The summed E-state index contributed by atoms with van der Waals surface area (Å²) in [7, 11) is 1.95. The lowest BCUT2D eigenvalue weighted by atomic mass is 10.1. The molecule has 1 aromatic heterocycles. The highest BCUT2D eigenvalue weighted by atomic mass is 15.2. The zero-order valence-corrected chi connectivity index (χ0v) is 12.1. The van der Waals surface area contributed by atoms with Crippen molar-refractivity contribution in [1.82, 2.24) is 15.3 Å². The van der Waals surface area contributed by atoms with Gasteiger partial charge in [-0.1, -0.05) is 0 Å². The molecule has 102 valence electrons. The molecule has 0 aliphatic heterocycles. The summed E-state index contributed by atoms with van der Waals surface area (Å²) >= 11 is 0. The first-order chi connectivity index (χ1) is 8.52. The molecule has 0 aliphatic rings. The Balaban J connectivity index is 2.82. The molecule has 5 heteroatoms. The number of hydrogen-bond acceptors (Lipinski definition) is 5. The van der Waals surface area contributed by atoms with E-state index < -0.39 is 0 Å². The lowest BCUT2D eigenvalue weighted by Crippen LogP contribution is -2.41. The molecule has 0 atom stereocenters. The summed E-state index contributed by atoms with van der Waals surface area (Å²) in [6.45, 7) is 11.3. The lowest BCUT2D eigenvalue weighted by molar-refractivity contribution is 0.528. The van der Waals surface area contributed by atoms with Gasteiger partial charge in [-0.15, -0.1) is 0 Å². The van der Waals surface area contributed by atoms with Gasteiger partial charge in [0.1, 0.15) is 18.0 Å². The molecule has 0 amide bonds. The van der Waals surface area contributed by atoms with Gasteiger partial charge in [-0.05, 0) is 34.7 Å². The Morgan fingerprint density at radius 3 is 2.44 bits per heavy atom. The molecule has 0 bridgehead atoms. The van der Waals surface area contributed by atoms with E-state index in [9.17, 15) is 0 Å². The summed E-state index contributed by atoms with van der Waals surface area (Å²) in [6.07, 6.45) is 1.62. The molecule has 0 fully saturated rings. The van der Waals surface area contributed by atoms with Crippen LogP contribution in [0.3, 0.4) is 0 Å². The topological polar surface area (TPSA) is 53.1 Å². The average molecular weight is 251 g/mol. The second-order valence-electron chi connectivity index (χ2n) is 4.97. The smallest absolute Gasteiger partial charge is 0.134 e. The van der Waals surface area contributed by atoms with Crippen molar-refractivity contribution in [3.8, 4) is 0 Å². The average Bonchev–Trinajstić information content (AvgIpc) is 2.30. The van der Waals surface area contributed by atoms with Crippen LogP contribution in [-0.4, -0.2) is 42.2 Å². The molecule has 1 rings (SSSR count). The summed E-state index contributed by atoms with van der Waals surface area (Å²) < 4.78 is 0. The zero-order chi connectivity index (χ0) is 13.6. The number of anilines is 2. The van der Waals surface area contributed by atoms with E-state index >= 15 is 0 Å². The van der Waals surface area contributed by atoms with Crippen molar-refractivity contribution in [2.75, 3.05) is 36.9 Å². The van der Waals surface area contributed by atoms with E-state index in [1.165, 1.54) is 0 Å². The van der Waals surface area contributed by atoms with Crippen LogP contribution in [0.1, 0.15) is 27.7 Å². The summed E-state index contributed by atoms with van der Waals surface area (Å²) in [5.41, 5.74) is -0.0381. The van der Waals surface area contributed by atoms with Crippen LogP contribution in [0.5, 0.6) is 0 Å². The predicted molar refractivity (Wildman–Crippen MR) is 77.2 cm³/mol. The molecule has 0 aromatic carbocycles. The van der Waals surface area contributed by atoms with Gasteiger partial charge in [0.15, 0.2) is 0 Å². The maximum Gasteiger partial charge on any atom is 0.134 e. The largest absolute Gasteiger partial charge is 0.364 e. The Bertz CT molecular complexity index is 360. The molecule has 18 heavy (non-hydrogen) atoms. The van der Waals surface area contributed by atoms with Crippen LogP contribution in [0.4, 0.5) is 11.6 Å². The quantitative estimate of drug-likeness (QED) is 0.773. The first kappa shape index (κ1) is 14.7. The monoisotopic (exact) mass is 251 g/mol. The van der Waals surface area contributed by atoms with Crippen LogP contribution >= 0.6 is 0 Å². The van der Waals surface area contributed by atoms with Gasteiger partial charge < -0.3 is 15.5 Å². The van der Waals surface area contributed by atoms with Gasteiger partial charge in [0.05, 0.1) is 0 Å². The van der Waals surface area contributed by atoms with Gasteiger partial charge in [-0.25, -0.2) is 9.97 Å². The Morgan fingerprint density at radius 1 is 1.22 bits per heavy atom. The van der Waals surface area contributed by atoms with E-state index in [1.54, 1.807) is 6.33 Å². The molecular formula is C13H25N5. The minimum absolute atomic E-state index is 0.0381. The molecule has 0 aliphatic carbocycles. The van der Waals surface area contributed by atoms with Gasteiger partial charge in [0, 0.05) is 31.2 Å². The van der Waals surface area contributed by atoms with Gasteiger partial charge in [0.2, 0.25) is 0 Å². The normalized spacial score (nSPS) is 11.4. The molecule has 1 heterocycles. The number of likely N-dealkylation sites (N-methyl/N-ethyl adjacent to an activating group) is 1. The van der Waals surface area contributed by atoms with Crippen LogP contribution in [0.25, 0.3) is 0 Å². The second kappa shape index (κ2) is 6.54. The lowest BCUT2D eigenvalue weighted by Gasteiger charge is -2.27. The Kier molecular flexibility index (Phi) is 5.34.